The molecule has 6 nitrogen and oxygen atoms in total. The Morgan fingerprint density at radius 3 is 2.26 bits per heavy atom. The molecule has 3 rings (SSSR count). The van der Waals surface area contributed by atoms with E-state index in [0.29, 0.717) is 5.56 Å². The van der Waals surface area contributed by atoms with E-state index in [1.165, 1.54) is 6.20 Å². The molecule has 3 aromatic rings. The van der Waals surface area contributed by atoms with Gasteiger partial charge in [-0.3, -0.25) is 19.3 Å². The van der Waals surface area contributed by atoms with Gasteiger partial charge in [-0.05, 0) is 31.2 Å². The summed E-state index contributed by atoms with van der Waals surface area (Å²) in [6, 6.07) is 14.5. The summed E-state index contributed by atoms with van der Waals surface area (Å²) in [5.41, 5.74) is 7.24. The van der Waals surface area contributed by atoms with Crippen LogP contribution in [0.4, 0.5) is 0 Å². The molecule has 0 aliphatic heterocycles. The highest BCUT2D eigenvalue weighted by Gasteiger charge is 2.05. The van der Waals surface area contributed by atoms with Gasteiger partial charge in [-0.25, -0.2) is 4.68 Å². The van der Waals surface area contributed by atoms with Crippen LogP contribution in [-0.2, 0) is 7.05 Å². The number of aryl methyl sites for hydroxylation is 1. The minimum absolute atomic E-state index is 0.0104. The molecule has 0 saturated carbocycles. The topological polar surface area (TPSA) is 82.9 Å². The van der Waals surface area contributed by atoms with E-state index in [4.69, 9.17) is 5.73 Å². The molecule has 118 valence electrons. The Bertz CT molecular complexity index is 836. The summed E-state index contributed by atoms with van der Waals surface area (Å²) in [6.45, 7) is 1.92. The van der Waals surface area contributed by atoms with Gasteiger partial charge >= 0.3 is 0 Å². The first kappa shape index (κ1) is 16.2. The lowest BCUT2D eigenvalue weighted by Gasteiger charge is -2.07. The second kappa shape index (κ2) is 7.22. The lowest BCUT2D eigenvalue weighted by Crippen LogP contribution is -2.18. The van der Waals surface area contributed by atoms with Gasteiger partial charge in [0.1, 0.15) is 0 Å². The smallest absolute Gasteiger partial charge is 0.271 e. The summed E-state index contributed by atoms with van der Waals surface area (Å²) in [7, 11) is 1.88. The predicted molar refractivity (Wildman–Crippen MR) is 88.5 cm³/mol. The minimum atomic E-state index is -0.442. The summed E-state index contributed by atoms with van der Waals surface area (Å²) < 4.78 is 3.49. The van der Waals surface area contributed by atoms with Crippen LogP contribution in [0.1, 0.15) is 16.1 Å². The van der Waals surface area contributed by atoms with Gasteiger partial charge in [0, 0.05) is 31.2 Å². The highest BCUT2D eigenvalue weighted by atomic mass is 16.1. The second-order valence-electron chi connectivity index (χ2n) is 4.90. The van der Waals surface area contributed by atoms with Crippen molar-refractivity contribution in [1.29, 1.82) is 0 Å². The van der Waals surface area contributed by atoms with Gasteiger partial charge in [-0.2, -0.15) is 0 Å². The zero-order chi connectivity index (χ0) is 16.8. The first-order valence-electron chi connectivity index (χ1n) is 7.01. The molecular weight excluding hydrogens is 292 g/mol. The monoisotopic (exact) mass is 310 g/mol. The zero-order valence-corrected chi connectivity index (χ0v) is 13.0. The van der Waals surface area contributed by atoms with Crippen LogP contribution in [0.2, 0.25) is 0 Å². The number of para-hydroxylation sites is 1. The van der Waals surface area contributed by atoms with Crippen LogP contribution in [0.5, 0.6) is 0 Å². The third-order valence-electron chi connectivity index (χ3n) is 3.30. The number of primary amides is 1. The van der Waals surface area contributed by atoms with Crippen LogP contribution in [0.3, 0.4) is 0 Å². The third-order valence-corrected chi connectivity index (χ3v) is 3.30. The van der Waals surface area contributed by atoms with E-state index in [2.05, 4.69) is 4.98 Å². The van der Waals surface area contributed by atoms with Crippen molar-refractivity contribution in [1.82, 2.24) is 14.3 Å². The van der Waals surface area contributed by atoms with Crippen LogP contribution in [0.25, 0.3) is 5.69 Å². The van der Waals surface area contributed by atoms with E-state index in [9.17, 15) is 9.59 Å². The van der Waals surface area contributed by atoms with Crippen molar-refractivity contribution >= 4 is 5.91 Å². The van der Waals surface area contributed by atoms with Crippen molar-refractivity contribution in [3.8, 4) is 5.69 Å². The maximum absolute atomic E-state index is 11.6. The van der Waals surface area contributed by atoms with Crippen LogP contribution in [0.15, 0.2) is 65.7 Å². The van der Waals surface area contributed by atoms with Crippen LogP contribution < -0.4 is 11.3 Å². The fourth-order valence-electron chi connectivity index (χ4n) is 2.02. The number of aromatic nitrogens is 3. The Balaban J connectivity index is 0.000000185. The average Bonchev–Trinajstić information content (AvgIpc) is 2.82. The van der Waals surface area contributed by atoms with Gasteiger partial charge in [0.15, 0.2) is 0 Å². The van der Waals surface area contributed by atoms with Crippen molar-refractivity contribution in [3.05, 3.63) is 82.5 Å². The molecule has 1 amide bonds. The molecule has 0 atom stereocenters. The third kappa shape index (κ3) is 3.94. The molecular formula is C17H18N4O2. The first-order chi connectivity index (χ1) is 11.0. The van der Waals surface area contributed by atoms with Gasteiger partial charge in [0.05, 0.1) is 11.3 Å². The fraction of sp³-hybridized carbons (Fsp3) is 0.118. The summed E-state index contributed by atoms with van der Waals surface area (Å²) in [6.07, 6.45) is 3.02. The zero-order valence-electron chi connectivity index (χ0n) is 13.0. The second-order valence-corrected chi connectivity index (χ2v) is 4.90. The fourth-order valence-corrected chi connectivity index (χ4v) is 2.02. The van der Waals surface area contributed by atoms with Crippen molar-refractivity contribution in [3.63, 3.8) is 0 Å². The molecule has 0 unspecified atom stereocenters. The summed E-state index contributed by atoms with van der Waals surface area (Å²) >= 11 is 0. The first-order valence-corrected chi connectivity index (χ1v) is 7.01. The summed E-state index contributed by atoms with van der Waals surface area (Å²) in [5.74, 6) is -0.442. The van der Waals surface area contributed by atoms with Gasteiger partial charge in [0.2, 0.25) is 5.91 Å². The molecule has 6 heteroatoms. The van der Waals surface area contributed by atoms with Crippen LogP contribution in [-0.4, -0.2) is 20.3 Å². The number of pyridine rings is 1. The molecule has 0 aliphatic carbocycles. The maximum Gasteiger partial charge on any atom is 0.271 e. The molecule has 1 aromatic carbocycles. The van der Waals surface area contributed by atoms with Crippen molar-refractivity contribution in [2.24, 2.45) is 12.8 Å². The van der Waals surface area contributed by atoms with Crippen LogP contribution in [0, 0.1) is 6.92 Å². The predicted octanol–water partition coefficient (Wildman–Crippen LogP) is 1.66. The molecule has 23 heavy (non-hydrogen) atoms. The molecule has 0 saturated heterocycles. The maximum atomic E-state index is 11.6. The average molecular weight is 310 g/mol. The Labute approximate surface area is 133 Å². The number of nitrogens with zero attached hydrogens (tertiary/aromatic N) is 3. The molecule has 0 fully saturated rings. The number of carbonyl (C=O) groups is 1. The SMILES string of the molecule is Cc1cc(=O)n(-c2ccccc2)n1C.NC(=O)c1cccnc1. The van der Waals surface area contributed by atoms with Gasteiger partial charge in [0.25, 0.3) is 5.56 Å². The number of hydrogen-bond donors (Lipinski definition) is 1. The molecule has 0 bridgehead atoms. The van der Waals surface area contributed by atoms with Crippen molar-refractivity contribution < 1.29 is 4.79 Å². The lowest BCUT2D eigenvalue weighted by atomic mass is 10.3. The van der Waals surface area contributed by atoms with Crippen LogP contribution >= 0.6 is 0 Å². The summed E-state index contributed by atoms with van der Waals surface area (Å²) in [4.78, 5) is 25.7. The number of amides is 1. The molecule has 2 N–H and O–H groups in total. The van der Waals surface area contributed by atoms with Gasteiger partial charge < -0.3 is 5.73 Å². The van der Waals surface area contributed by atoms with Crippen molar-refractivity contribution in [2.45, 2.75) is 6.92 Å². The number of benzene rings is 1. The number of carbonyl (C=O) groups excluding carboxylic acids is 1. The van der Waals surface area contributed by atoms with E-state index < -0.39 is 5.91 Å². The molecule has 2 aromatic heterocycles. The highest BCUT2D eigenvalue weighted by Crippen LogP contribution is 2.05. The Kier molecular flexibility index (Phi) is 5.09. The Morgan fingerprint density at radius 2 is 1.83 bits per heavy atom. The van der Waals surface area contributed by atoms with E-state index in [1.807, 2.05) is 49.0 Å². The number of nitrogens with two attached hydrogens (primary N) is 1. The normalized spacial score (nSPS) is 9.83. The Hall–Kier alpha value is -3.15. The van der Waals surface area contributed by atoms with E-state index >= 15 is 0 Å². The largest absolute Gasteiger partial charge is 0.366 e. The number of hydrogen-bond acceptors (Lipinski definition) is 3. The van der Waals surface area contributed by atoms with E-state index in [-0.39, 0.29) is 5.56 Å². The van der Waals surface area contributed by atoms with Crippen molar-refractivity contribution in [2.75, 3.05) is 0 Å². The standard InChI is InChI=1S/C11H12N2O.C6H6N2O/c1-9-8-11(14)13(12(9)2)10-6-4-3-5-7-10;7-6(9)5-2-1-3-8-4-5/h3-8H,1-2H3;1-4H,(H2,7,9). The molecule has 0 spiro atoms. The quantitative estimate of drug-likeness (QED) is 0.781. The van der Waals surface area contributed by atoms with E-state index in [1.54, 1.807) is 29.1 Å². The van der Waals surface area contributed by atoms with Gasteiger partial charge in [-0.15, -0.1) is 0 Å². The van der Waals surface area contributed by atoms with Gasteiger partial charge in [-0.1, -0.05) is 18.2 Å². The lowest BCUT2D eigenvalue weighted by molar-refractivity contribution is 0.1000. The summed E-state index contributed by atoms with van der Waals surface area (Å²) in [5, 5.41) is 0. The van der Waals surface area contributed by atoms with E-state index in [0.717, 1.165) is 11.4 Å². The Morgan fingerprint density at radius 1 is 1.13 bits per heavy atom. The molecule has 2 heterocycles. The minimum Gasteiger partial charge on any atom is -0.366 e. The molecule has 0 radical (unpaired) electrons. The highest BCUT2D eigenvalue weighted by molar-refractivity contribution is 5.92. The number of rotatable bonds is 2. The molecule has 0 aliphatic rings.